The summed E-state index contributed by atoms with van der Waals surface area (Å²) in [4.78, 5) is 15.0. The summed E-state index contributed by atoms with van der Waals surface area (Å²) in [5.74, 6) is -0.274. The maximum Gasteiger partial charge on any atom is 0.188 e. The molecule has 1 aromatic heterocycles. The van der Waals surface area contributed by atoms with Gasteiger partial charge in [-0.05, 0) is 0 Å². The number of rotatable bonds is 6. The molecule has 0 radical (unpaired) electrons. The second-order valence-corrected chi connectivity index (χ2v) is 4.86. The number of aromatic nitrogens is 1. The van der Waals surface area contributed by atoms with Gasteiger partial charge in [-0.1, -0.05) is 0 Å². The molecule has 5 N–H and O–H groups in total. The number of aliphatic hydroxyl groups excluding tert-OH is 5. The van der Waals surface area contributed by atoms with E-state index in [-0.39, 0.29) is 15.7 Å². The summed E-state index contributed by atoms with van der Waals surface area (Å²) >= 11 is 0.888. The molecule has 0 aromatic carbocycles. The fourth-order valence-electron chi connectivity index (χ4n) is 1.28. The van der Waals surface area contributed by atoms with E-state index in [9.17, 15) is 20.1 Å². The van der Waals surface area contributed by atoms with Gasteiger partial charge in [0.15, 0.2) is 10.8 Å². The molecule has 0 aliphatic rings. The van der Waals surface area contributed by atoms with Gasteiger partial charge in [-0.15, -0.1) is 11.3 Å². The molecule has 102 valence electrons. The summed E-state index contributed by atoms with van der Waals surface area (Å²) in [6.07, 6.45) is -5.23. The van der Waals surface area contributed by atoms with Crippen LogP contribution in [0.4, 0.5) is 0 Å². The van der Waals surface area contributed by atoms with Gasteiger partial charge in [0.05, 0.1) is 11.5 Å². The molecular formula is C10H15NO6S. The Labute approximate surface area is 107 Å². The van der Waals surface area contributed by atoms with Crippen LogP contribution in [0.25, 0.3) is 0 Å². The Morgan fingerprint density at radius 3 is 2.39 bits per heavy atom. The minimum Gasteiger partial charge on any atom is -0.394 e. The first-order valence-electron chi connectivity index (χ1n) is 5.18. The minimum absolute atomic E-state index is 0.174. The lowest BCUT2D eigenvalue weighted by Crippen LogP contribution is -2.42. The van der Waals surface area contributed by atoms with Crippen molar-refractivity contribution in [1.82, 2.24) is 4.98 Å². The predicted molar refractivity (Wildman–Crippen MR) is 62.2 cm³/mol. The van der Waals surface area contributed by atoms with E-state index >= 15 is 0 Å². The molecule has 1 aromatic rings. The van der Waals surface area contributed by atoms with Gasteiger partial charge in [0.2, 0.25) is 0 Å². The van der Waals surface area contributed by atoms with E-state index < -0.39 is 31.0 Å². The summed E-state index contributed by atoms with van der Waals surface area (Å²) in [6, 6.07) is 0. The molecule has 0 saturated carbocycles. The van der Waals surface area contributed by atoms with Crippen molar-refractivity contribution < 1.29 is 30.3 Å². The zero-order valence-corrected chi connectivity index (χ0v) is 10.4. The molecule has 0 spiro atoms. The van der Waals surface area contributed by atoms with Crippen LogP contribution in [0.15, 0.2) is 6.20 Å². The van der Waals surface area contributed by atoms with E-state index in [1.54, 1.807) is 0 Å². The van der Waals surface area contributed by atoms with E-state index in [0.717, 1.165) is 11.3 Å². The van der Waals surface area contributed by atoms with Gasteiger partial charge in [0, 0.05) is 13.1 Å². The fraction of sp³-hybridized carbons (Fsp3) is 0.600. The van der Waals surface area contributed by atoms with Crippen molar-refractivity contribution in [2.45, 2.75) is 31.3 Å². The standard InChI is InChI=1S/C10H15NO6S/c1-4(13)10-11-2-6(18-10)8(16)9(17)7(15)5(14)3-12/h2,5,7-9,12,14-17H,3H2,1H3/t5-,7-,8+,9-/m1/s1. The lowest BCUT2D eigenvalue weighted by molar-refractivity contribution is -0.115. The van der Waals surface area contributed by atoms with Gasteiger partial charge in [0.1, 0.15) is 24.4 Å². The maximum absolute atomic E-state index is 11.0. The third-order valence-electron chi connectivity index (χ3n) is 2.37. The number of hydrogen-bond donors (Lipinski definition) is 5. The molecule has 0 aliphatic heterocycles. The summed E-state index contributed by atoms with van der Waals surface area (Å²) in [6.45, 7) is 0.572. The quantitative estimate of drug-likeness (QED) is 0.398. The van der Waals surface area contributed by atoms with Gasteiger partial charge in [-0.25, -0.2) is 4.98 Å². The average molecular weight is 277 g/mol. The third kappa shape index (κ3) is 3.31. The number of thiazole rings is 1. The third-order valence-corrected chi connectivity index (χ3v) is 3.54. The SMILES string of the molecule is CC(=O)c1ncc([C@H](O)[C@H](O)[C@H](O)[C@H](O)CO)s1. The largest absolute Gasteiger partial charge is 0.394 e. The van der Waals surface area contributed by atoms with Gasteiger partial charge >= 0.3 is 0 Å². The number of carbonyl (C=O) groups excluding carboxylic acids is 1. The molecule has 0 bridgehead atoms. The number of aliphatic hydroxyl groups is 5. The summed E-state index contributed by atoms with van der Waals surface area (Å²) in [5, 5.41) is 46.7. The molecular weight excluding hydrogens is 262 g/mol. The van der Waals surface area contributed by atoms with E-state index in [1.807, 2.05) is 0 Å². The van der Waals surface area contributed by atoms with Gasteiger partial charge in [-0.2, -0.15) is 0 Å². The maximum atomic E-state index is 11.0. The molecule has 0 amide bonds. The van der Waals surface area contributed by atoms with Gasteiger partial charge in [0.25, 0.3) is 0 Å². The van der Waals surface area contributed by atoms with Crippen molar-refractivity contribution in [2.24, 2.45) is 0 Å². The second-order valence-electron chi connectivity index (χ2n) is 3.80. The Balaban J connectivity index is 2.79. The Kier molecular flexibility index (Phi) is 5.32. The lowest BCUT2D eigenvalue weighted by atomic mass is 10.0. The first-order valence-corrected chi connectivity index (χ1v) is 6.00. The van der Waals surface area contributed by atoms with Crippen LogP contribution in [-0.4, -0.2) is 61.2 Å². The van der Waals surface area contributed by atoms with Crippen LogP contribution >= 0.6 is 11.3 Å². The fourth-order valence-corrected chi connectivity index (χ4v) is 2.11. The average Bonchev–Trinajstić information content (AvgIpc) is 2.84. The number of ketones is 1. The first kappa shape index (κ1) is 15.2. The molecule has 7 nitrogen and oxygen atoms in total. The van der Waals surface area contributed by atoms with E-state index in [0.29, 0.717) is 0 Å². The smallest absolute Gasteiger partial charge is 0.188 e. The number of Topliss-reactive ketones (excluding diaryl/α,β-unsaturated/α-hetero) is 1. The second kappa shape index (κ2) is 6.32. The van der Waals surface area contributed by atoms with Crippen molar-refractivity contribution in [3.05, 3.63) is 16.1 Å². The van der Waals surface area contributed by atoms with Crippen LogP contribution in [0, 0.1) is 0 Å². The molecule has 8 heteroatoms. The van der Waals surface area contributed by atoms with Crippen molar-refractivity contribution >= 4 is 17.1 Å². The van der Waals surface area contributed by atoms with Crippen molar-refractivity contribution in [2.75, 3.05) is 6.61 Å². The molecule has 1 heterocycles. The van der Waals surface area contributed by atoms with E-state index in [4.69, 9.17) is 10.2 Å². The van der Waals surface area contributed by atoms with Crippen LogP contribution in [0.5, 0.6) is 0 Å². The zero-order chi connectivity index (χ0) is 13.9. The van der Waals surface area contributed by atoms with Crippen LogP contribution < -0.4 is 0 Å². The van der Waals surface area contributed by atoms with Crippen molar-refractivity contribution in [1.29, 1.82) is 0 Å². The molecule has 18 heavy (non-hydrogen) atoms. The van der Waals surface area contributed by atoms with Crippen molar-refractivity contribution in [3.63, 3.8) is 0 Å². The lowest BCUT2D eigenvalue weighted by Gasteiger charge is -2.24. The Morgan fingerprint density at radius 2 is 1.94 bits per heavy atom. The highest BCUT2D eigenvalue weighted by atomic mass is 32.1. The highest BCUT2D eigenvalue weighted by molar-refractivity contribution is 7.13. The Morgan fingerprint density at radius 1 is 1.33 bits per heavy atom. The number of carbonyl (C=O) groups is 1. The molecule has 4 atom stereocenters. The molecule has 1 rings (SSSR count). The molecule has 0 saturated heterocycles. The topological polar surface area (TPSA) is 131 Å². The highest BCUT2D eigenvalue weighted by Gasteiger charge is 2.32. The van der Waals surface area contributed by atoms with Crippen LogP contribution in [0.3, 0.4) is 0 Å². The van der Waals surface area contributed by atoms with E-state index in [2.05, 4.69) is 4.98 Å². The summed E-state index contributed by atoms with van der Waals surface area (Å²) in [5.41, 5.74) is 0. The molecule has 0 aliphatic carbocycles. The van der Waals surface area contributed by atoms with Gasteiger partial charge in [-0.3, -0.25) is 4.79 Å². The Hall–Kier alpha value is -0.900. The summed E-state index contributed by atoms with van der Waals surface area (Å²) < 4.78 is 0. The normalized spacial score (nSPS) is 18.1. The molecule has 0 fully saturated rings. The van der Waals surface area contributed by atoms with E-state index in [1.165, 1.54) is 13.1 Å². The first-order chi connectivity index (χ1) is 8.38. The minimum atomic E-state index is -1.70. The van der Waals surface area contributed by atoms with Crippen LogP contribution in [0.2, 0.25) is 0 Å². The monoisotopic (exact) mass is 277 g/mol. The van der Waals surface area contributed by atoms with Crippen LogP contribution in [0.1, 0.15) is 27.7 Å². The highest BCUT2D eigenvalue weighted by Crippen LogP contribution is 2.25. The number of nitrogens with zero attached hydrogens (tertiary/aromatic N) is 1. The van der Waals surface area contributed by atoms with Crippen LogP contribution in [-0.2, 0) is 0 Å². The zero-order valence-electron chi connectivity index (χ0n) is 9.59. The predicted octanol–water partition coefficient (Wildman–Crippen LogP) is -1.55. The summed E-state index contributed by atoms with van der Waals surface area (Å²) in [7, 11) is 0. The van der Waals surface area contributed by atoms with Gasteiger partial charge < -0.3 is 25.5 Å². The number of hydrogen-bond acceptors (Lipinski definition) is 8. The van der Waals surface area contributed by atoms with Crippen molar-refractivity contribution in [3.8, 4) is 0 Å². The molecule has 0 unspecified atom stereocenters. The Bertz CT molecular complexity index is 409.